The van der Waals surface area contributed by atoms with Gasteiger partial charge in [0.1, 0.15) is 0 Å². The average Bonchev–Trinajstić information content (AvgIpc) is 2.51. The number of benzene rings is 1. The highest BCUT2D eigenvalue weighted by atomic mass is 79.9. The van der Waals surface area contributed by atoms with Gasteiger partial charge < -0.3 is 0 Å². The molecule has 0 fully saturated rings. The van der Waals surface area contributed by atoms with Gasteiger partial charge in [-0.15, -0.1) is 0 Å². The van der Waals surface area contributed by atoms with Gasteiger partial charge in [0.15, 0.2) is 0 Å². The van der Waals surface area contributed by atoms with E-state index in [1.165, 1.54) is 58.2 Å². The van der Waals surface area contributed by atoms with Gasteiger partial charge in [-0.25, -0.2) is 0 Å². The van der Waals surface area contributed by atoms with Crippen molar-refractivity contribution in [2.75, 3.05) is 0 Å². The molecule has 1 aliphatic carbocycles. The maximum Gasteiger partial charge on any atom is 0.0817 e. The number of nitrogens with zero attached hydrogens (tertiary/aromatic N) is 1. The quantitative estimate of drug-likeness (QED) is 0.611. The van der Waals surface area contributed by atoms with Crippen LogP contribution in [0.3, 0.4) is 0 Å². The molecule has 1 unspecified atom stereocenters. The topological polar surface area (TPSA) is 12.4 Å². The number of hydrogen-bond donors (Lipinski definition) is 0. The summed E-state index contributed by atoms with van der Waals surface area (Å²) in [6.07, 6.45) is 4.98. The molecule has 0 radical (unpaired) electrons. The summed E-state index contributed by atoms with van der Waals surface area (Å²) in [7, 11) is 0. The Hall–Kier alpha value is -0.150. The van der Waals surface area contributed by atoms with E-state index >= 15 is 0 Å². The highest BCUT2D eigenvalue weighted by molar-refractivity contribution is 9.13. The van der Waals surface area contributed by atoms with Crippen molar-refractivity contribution >= 4 is 43.3 Å². The van der Waals surface area contributed by atoms with Gasteiger partial charge >= 0.3 is 0 Å². The lowest BCUT2D eigenvalue weighted by atomic mass is 9.88. The molecule has 0 saturated heterocycles. The fourth-order valence-electron chi connectivity index (χ4n) is 3.08. The SMILES string of the molecule is CC1=Nc2c(Br)c(Br)c(C)c3c2CC1CCC3. The summed E-state index contributed by atoms with van der Waals surface area (Å²) in [5, 5.41) is 0. The maximum atomic E-state index is 4.84. The summed E-state index contributed by atoms with van der Waals surface area (Å²) in [5.74, 6) is 0.677. The summed E-state index contributed by atoms with van der Waals surface area (Å²) in [6, 6.07) is 0. The minimum absolute atomic E-state index is 0.677. The minimum atomic E-state index is 0.677. The fraction of sp³-hybridized carbons (Fsp3) is 0.500. The second kappa shape index (κ2) is 4.20. The predicted molar refractivity (Wildman–Crippen MR) is 79.5 cm³/mol. The molecule has 2 bridgehead atoms. The standard InChI is InChI=1S/C14H15Br2N/c1-7-10-5-3-4-9-6-11(10)14(17-8(9)2)13(16)12(7)15/h9H,3-6H2,1-2H3. The molecular formula is C14H15Br2N. The third-order valence-corrected chi connectivity index (χ3v) is 6.44. The third-order valence-electron chi connectivity index (χ3n) is 4.14. The van der Waals surface area contributed by atoms with E-state index in [1.807, 2.05) is 0 Å². The van der Waals surface area contributed by atoms with Gasteiger partial charge in [-0.3, -0.25) is 4.99 Å². The van der Waals surface area contributed by atoms with Crippen molar-refractivity contribution in [3.05, 3.63) is 25.6 Å². The highest BCUT2D eigenvalue weighted by Crippen LogP contribution is 2.46. The lowest BCUT2D eigenvalue weighted by Crippen LogP contribution is -2.17. The number of aliphatic imine (C=N–C) groups is 1. The molecule has 0 amide bonds. The Bertz CT molecular complexity index is 532. The van der Waals surface area contributed by atoms with E-state index in [-0.39, 0.29) is 0 Å². The highest BCUT2D eigenvalue weighted by Gasteiger charge is 2.29. The molecule has 1 aliphatic heterocycles. The van der Waals surface area contributed by atoms with Crippen molar-refractivity contribution in [1.82, 2.24) is 0 Å². The molecule has 1 aromatic rings. The lowest BCUT2D eigenvalue weighted by molar-refractivity contribution is 0.605. The molecule has 1 atom stereocenters. The van der Waals surface area contributed by atoms with Gasteiger partial charge in [0.25, 0.3) is 0 Å². The van der Waals surface area contributed by atoms with Crippen LogP contribution in [0.1, 0.15) is 36.5 Å². The first-order chi connectivity index (χ1) is 8.09. The monoisotopic (exact) mass is 355 g/mol. The molecule has 90 valence electrons. The molecule has 1 heterocycles. The molecule has 0 saturated carbocycles. The van der Waals surface area contributed by atoms with Gasteiger partial charge in [0, 0.05) is 16.1 Å². The Kier molecular flexibility index (Phi) is 2.94. The normalized spacial score (nSPS) is 22.1. The van der Waals surface area contributed by atoms with Gasteiger partial charge in [-0.1, -0.05) is 0 Å². The average molecular weight is 357 g/mol. The maximum absolute atomic E-state index is 4.84. The molecule has 1 aromatic carbocycles. The smallest absolute Gasteiger partial charge is 0.0817 e. The van der Waals surface area contributed by atoms with Gasteiger partial charge in [-0.05, 0) is 88.1 Å². The fourth-order valence-corrected chi connectivity index (χ4v) is 4.13. The largest absolute Gasteiger partial charge is 0.256 e. The van der Waals surface area contributed by atoms with Crippen LogP contribution >= 0.6 is 31.9 Å². The Labute approximate surface area is 119 Å². The molecule has 1 nitrogen and oxygen atoms in total. The van der Waals surface area contributed by atoms with E-state index in [0.29, 0.717) is 5.92 Å². The first kappa shape index (κ1) is 11.9. The molecule has 3 rings (SSSR count). The van der Waals surface area contributed by atoms with Crippen LogP contribution in [0.2, 0.25) is 0 Å². The molecule has 3 heteroatoms. The summed E-state index contributed by atoms with van der Waals surface area (Å²) < 4.78 is 2.32. The second-order valence-electron chi connectivity index (χ2n) is 5.11. The van der Waals surface area contributed by atoms with Crippen LogP contribution in [-0.2, 0) is 12.8 Å². The molecule has 17 heavy (non-hydrogen) atoms. The van der Waals surface area contributed by atoms with Gasteiger partial charge in [-0.2, -0.15) is 0 Å². The van der Waals surface area contributed by atoms with Crippen LogP contribution in [-0.4, -0.2) is 5.71 Å². The molecule has 0 spiro atoms. The number of hydrogen-bond acceptors (Lipinski definition) is 1. The van der Waals surface area contributed by atoms with E-state index < -0.39 is 0 Å². The zero-order valence-electron chi connectivity index (χ0n) is 10.1. The first-order valence-corrected chi connectivity index (χ1v) is 7.72. The molecule has 0 N–H and O–H groups in total. The van der Waals surface area contributed by atoms with Crippen molar-refractivity contribution in [3.63, 3.8) is 0 Å². The van der Waals surface area contributed by atoms with Crippen LogP contribution in [0.5, 0.6) is 0 Å². The van der Waals surface area contributed by atoms with Crippen molar-refractivity contribution in [2.24, 2.45) is 10.9 Å². The lowest BCUT2D eigenvalue weighted by Gasteiger charge is -2.24. The Balaban J connectivity index is 2.35. The summed E-state index contributed by atoms with van der Waals surface area (Å²) >= 11 is 7.39. The zero-order chi connectivity index (χ0) is 12.2. The van der Waals surface area contributed by atoms with Crippen LogP contribution in [0.4, 0.5) is 5.69 Å². The Morgan fingerprint density at radius 2 is 1.88 bits per heavy atom. The summed E-state index contributed by atoms with van der Waals surface area (Å²) in [5.41, 5.74) is 6.90. The van der Waals surface area contributed by atoms with Crippen molar-refractivity contribution in [2.45, 2.75) is 39.5 Å². The number of halogens is 2. The van der Waals surface area contributed by atoms with Gasteiger partial charge in [0.2, 0.25) is 0 Å². The van der Waals surface area contributed by atoms with Crippen molar-refractivity contribution < 1.29 is 0 Å². The van der Waals surface area contributed by atoms with E-state index in [9.17, 15) is 0 Å². The van der Waals surface area contributed by atoms with Crippen molar-refractivity contribution in [1.29, 1.82) is 0 Å². The number of fused-ring (bicyclic) bond motifs is 1. The molecular weight excluding hydrogens is 342 g/mol. The third kappa shape index (κ3) is 1.74. The molecule has 0 aromatic heterocycles. The zero-order valence-corrected chi connectivity index (χ0v) is 13.3. The van der Waals surface area contributed by atoms with Crippen LogP contribution in [0, 0.1) is 12.8 Å². The predicted octanol–water partition coefficient (Wildman–Crippen LogP) is 5.12. The van der Waals surface area contributed by atoms with Crippen LogP contribution < -0.4 is 0 Å². The van der Waals surface area contributed by atoms with Crippen molar-refractivity contribution in [3.8, 4) is 0 Å². The Morgan fingerprint density at radius 3 is 2.65 bits per heavy atom. The van der Waals surface area contributed by atoms with E-state index in [1.54, 1.807) is 0 Å². The molecule has 2 aliphatic rings. The van der Waals surface area contributed by atoms with E-state index in [4.69, 9.17) is 4.99 Å². The van der Waals surface area contributed by atoms with Crippen LogP contribution in [0.25, 0.3) is 0 Å². The van der Waals surface area contributed by atoms with E-state index in [0.717, 1.165) is 4.47 Å². The Morgan fingerprint density at radius 1 is 1.12 bits per heavy atom. The number of rotatable bonds is 0. The summed E-state index contributed by atoms with van der Waals surface area (Å²) in [6.45, 7) is 4.40. The minimum Gasteiger partial charge on any atom is -0.256 e. The van der Waals surface area contributed by atoms with Gasteiger partial charge in [0.05, 0.1) is 10.2 Å². The first-order valence-electron chi connectivity index (χ1n) is 6.14. The second-order valence-corrected chi connectivity index (χ2v) is 6.69. The van der Waals surface area contributed by atoms with E-state index in [2.05, 4.69) is 45.7 Å². The van der Waals surface area contributed by atoms with Crippen LogP contribution in [0.15, 0.2) is 13.9 Å². The summed E-state index contributed by atoms with van der Waals surface area (Å²) in [4.78, 5) is 4.84.